The molecular formula is C23H25N3O2S. The zero-order valence-corrected chi connectivity index (χ0v) is 18.0. The first-order valence-corrected chi connectivity index (χ1v) is 10.4. The summed E-state index contributed by atoms with van der Waals surface area (Å²) in [4.78, 5) is 22.4. The minimum atomic E-state index is -0.921. The Bertz CT molecular complexity index is 1040. The Morgan fingerprint density at radius 3 is 2.59 bits per heavy atom. The molecule has 0 spiro atoms. The van der Waals surface area contributed by atoms with Crippen LogP contribution in [-0.4, -0.2) is 40.9 Å². The second kappa shape index (κ2) is 9.01. The molecule has 0 aliphatic rings. The van der Waals surface area contributed by atoms with Gasteiger partial charge in [0.25, 0.3) is 0 Å². The van der Waals surface area contributed by atoms with E-state index >= 15 is 0 Å². The van der Waals surface area contributed by atoms with Crippen molar-refractivity contribution in [3.8, 4) is 11.3 Å². The van der Waals surface area contributed by atoms with E-state index in [4.69, 9.17) is 10.1 Å². The number of hydrogen-bond acceptors (Lipinski definition) is 4. The van der Waals surface area contributed by atoms with Crippen LogP contribution in [0.2, 0.25) is 0 Å². The van der Waals surface area contributed by atoms with E-state index in [1.807, 2.05) is 23.7 Å². The van der Waals surface area contributed by atoms with Gasteiger partial charge in [0.15, 0.2) is 0 Å². The lowest BCUT2D eigenvalue weighted by atomic mass is 10.0. The quantitative estimate of drug-likeness (QED) is 0.425. The summed E-state index contributed by atoms with van der Waals surface area (Å²) in [6.07, 6.45) is 2.63. The number of benzene rings is 2. The first-order chi connectivity index (χ1) is 13.9. The Morgan fingerprint density at radius 1 is 1.21 bits per heavy atom. The van der Waals surface area contributed by atoms with Crippen LogP contribution in [0.3, 0.4) is 0 Å². The highest BCUT2D eigenvalue weighted by molar-refractivity contribution is 7.10. The van der Waals surface area contributed by atoms with Crippen LogP contribution in [0.5, 0.6) is 0 Å². The van der Waals surface area contributed by atoms with Gasteiger partial charge in [0, 0.05) is 31.0 Å². The van der Waals surface area contributed by atoms with Crippen molar-refractivity contribution in [3.05, 3.63) is 69.0 Å². The van der Waals surface area contributed by atoms with Crippen molar-refractivity contribution in [1.82, 2.24) is 9.88 Å². The van der Waals surface area contributed by atoms with Crippen LogP contribution >= 0.6 is 11.3 Å². The van der Waals surface area contributed by atoms with Crippen molar-refractivity contribution >= 4 is 29.3 Å². The minimum Gasteiger partial charge on any atom is -0.478 e. The second-order valence-electron chi connectivity index (χ2n) is 7.07. The van der Waals surface area contributed by atoms with Crippen LogP contribution in [-0.2, 0) is 6.42 Å². The van der Waals surface area contributed by atoms with Gasteiger partial charge in [-0.3, -0.25) is 0 Å². The van der Waals surface area contributed by atoms with Gasteiger partial charge in [-0.05, 0) is 55.7 Å². The molecule has 6 heteroatoms. The molecule has 0 atom stereocenters. The van der Waals surface area contributed by atoms with Crippen molar-refractivity contribution in [2.24, 2.45) is 4.99 Å². The zero-order valence-electron chi connectivity index (χ0n) is 17.1. The molecule has 1 N–H and O–H groups in total. The first kappa shape index (κ1) is 20.7. The third kappa shape index (κ3) is 5.09. The highest BCUT2D eigenvalue weighted by Gasteiger charge is 2.10. The number of aromatic carboxylic acids is 1. The molecule has 29 heavy (non-hydrogen) atoms. The topological polar surface area (TPSA) is 65.8 Å². The summed E-state index contributed by atoms with van der Waals surface area (Å²) in [6.45, 7) is 7.20. The minimum absolute atomic E-state index is 0.281. The van der Waals surface area contributed by atoms with Crippen molar-refractivity contribution in [2.45, 2.75) is 27.2 Å². The first-order valence-electron chi connectivity index (χ1n) is 9.50. The summed E-state index contributed by atoms with van der Waals surface area (Å²) < 4.78 is 0. The fourth-order valence-corrected chi connectivity index (χ4v) is 3.73. The van der Waals surface area contributed by atoms with Crippen LogP contribution < -0.4 is 0 Å². The van der Waals surface area contributed by atoms with Gasteiger partial charge in [-0.15, -0.1) is 11.3 Å². The number of carbonyl (C=O) groups is 1. The monoisotopic (exact) mass is 407 g/mol. The van der Waals surface area contributed by atoms with Gasteiger partial charge in [0.1, 0.15) is 0 Å². The Morgan fingerprint density at radius 2 is 1.93 bits per heavy atom. The molecule has 0 fully saturated rings. The second-order valence-corrected chi connectivity index (χ2v) is 8.01. The van der Waals surface area contributed by atoms with E-state index in [9.17, 15) is 4.79 Å². The van der Waals surface area contributed by atoms with Crippen molar-refractivity contribution in [1.29, 1.82) is 0 Å². The molecular weight excluding hydrogens is 382 g/mol. The van der Waals surface area contributed by atoms with Gasteiger partial charge < -0.3 is 10.0 Å². The highest BCUT2D eigenvalue weighted by Crippen LogP contribution is 2.28. The lowest BCUT2D eigenvalue weighted by molar-refractivity contribution is 0.0697. The number of hydrogen-bond donors (Lipinski definition) is 1. The maximum atomic E-state index is 11.0. The fraction of sp³-hybridized carbons (Fsp3) is 0.261. The van der Waals surface area contributed by atoms with E-state index in [1.165, 1.54) is 11.1 Å². The molecule has 0 aliphatic heterocycles. The normalized spacial score (nSPS) is 11.2. The largest absolute Gasteiger partial charge is 0.478 e. The molecule has 2 aromatic carbocycles. The summed E-state index contributed by atoms with van der Waals surface area (Å²) in [5, 5.41) is 12.1. The van der Waals surface area contributed by atoms with Gasteiger partial charge in [0.05, 0.1) is 28.3 Å². The Hall–Kier alpha value is -2.99. The number of aliphatic imine (C=N–C) groups is 1. The zero-order chi connectivity index (χ0) is 21.0. The molecule has 0 saturated heterocycles. The van der Waals surface area contributed by atoms with Gasteiger partial charge in [-0.2, -0.15) is 0 Å². The summed E-state index contributed by atoms with van der Waals surface area (Å²) >= 11 is 1.62. The SMILES string of the molecule is CCN(C)/C=N/c1cc(C)c(Cc2nc(-c3ccc(C(=O)O)cc3)cs2)cc1C. The number of nitrogens with zero attached hydrogens (tertiary/aromatic N) is 3. The number of aryl methyl sites for hydroxylation is 2. The van der Waals surface area contributed by atoms with Gasteiger partial charge in [-0.25, -0.2) is 14.8 Å². The number of thiazole rings is 1. The third-order valence-electron chi connectivity index (χ3n) is 4.87. The van der Waals surface area contributed by atoms with Gasteiger partial charge in [0.2, 0.25) is 0 Å². The highest BCUT2D eigenvalue weighted by atomic mass is 32.1. The summed E-state index contributed by atoms with van der Waals surface area (Å²) in [5.74, 6) is -0.921. The predicted octanol–water partition coefficient (Wildman–Crippen LogP) is 5.33. The molecule has 1 heterocycles. The molecule has 0 amide bonds. The van der Waals surface area contributed by atoms with Crippen molar-refractivity contribution < 1.29 is 9.90 Å². The molecule has 3 aromatic rings. The van der Waals surface area contributed by atoms with Gasteiger partial charge in [-0.1, -0.05) is 18.2 Å². The van der Waals surface area contributed by atoms with Crippen LogP contribution in [0.15, 0.2) is 46.8 Å². The van der Waals surface area contributed by atoms with E-state index in [2.05, 4.69) is 37.9 Å². The summed E-state index contributed by atoms with van der Waals surface area (Å²) in [5.41, 5.74) is 6.66. The Kier molecular flexibility index (Phi) is 6.44. The number of rotatable bonds is 7. The molecule has 0 bridgehead atoms. The molecule has 0 unspecified atom stereocenters. The van der Waals surface area contributed by atoms with Crippen molar-refractivity contribution in [2.75, 3.05) is 13.6 Å². The van der Waals surface area contributed by atoms with Crippen LogP contribution in [0, 0.1) is 13.8 Å². The average Bonchev–Trinajstić information content (AvgIpc) is 3.17. The summed E-state index contributed by atoms with van der Waals surface area (Å²) in [6, 6.07) is 11.1. The number of aromatic nitrogens is 1. The molecule has 1 aromatic heterocycles. The van der Waals surface area contributed by atoms with Gasteiger partial charge >= 0.3 is 5.97 Å². The fourth-order valence-electron chi connectivity index (χ4n) is 2.90. The van der Waals surface area contributed by atoms with E-state index < -0.39 is 5.97 Å². The third-order valence-corrected chi connectivity index (χ3v) is 5.72. The predicted molar refractivity (Wildman–Crippen MR) is 120 cm³/mol. The van der Waals surface area contributed by atoms with Crippen LogP contribution in [0.25, 0.3) is 11.3 Å². The summed E-state index contributed by atoms with van der Waals surface area (Å²) in [7, 11) is 2.01. The molecule has 0 aliphatic carbocycles. The van der Waals surface area contributed by atoms with Crippen molar-refractivity contribution in [3.63, 3.8) is 0 Å². The maximum Gasteiger partial charge on any atom is 0.335 e. The Balaban J connectivity index is 1.78. The molecule has 3 rings (SSSR count). The Labute approximate surface area is 175 Å². The standard InChI is InChI=1S/C23H25N3O2S/c1-5-26(4)14-24-20-11-15(2)19(10-16(20)3)12-22-25-21(13-29-22)17-6-8-18(9-7-17)23(27)28/h6-11,13-14H,5,12H2,1-4H3,(H,27,28)/b24-14+. The average molecular weight is 408 g/mol. The molecule has 150 valence electrons. The van der Waals surface area contributed by atoms with E-state index in [1.54, 1.807) is 35.6 Å². The van der Waals surface area contributed by atoms with E-state index in [0.717, 1.165) is 40.5 Å². The lowest BCUT2D eigenvalue weighted by Gasteiger charge is -2.11. The number of carboxylic acid groups (broad SMARTS) is 1. The van der Waals surface area contributed by atoms with E-state index in [0.29, 0.717) is 0 Å². The molecule has 0 saturated carbocycles. The smallest absolute Gasteiger partial charge is 0.335 e. The van der Waals surface area contributed by atoms with E-state index in [-0.39, 0.29) is 5.56 Å². The maximum absolute atomic E-state index is 11.0. The molecule has 5 nitrogen and oxygen atoms in total. The van der Waals surface area contributed by atoms with Crippen LogP contribution in [0.4, 0.5) is 5.69 Å². The molecule has 0 radical (unpaired) electrons. The number of carboxylic acids is 1. The lowest BCUT2D eigenvalue weighted by Crippen LogP contribution is -2.14. The van der Waals surface area contributed by atoms with Crippen LogP contribution in [0.1, 0.15) is 39.0 Å².